The van der Waals surface area contributed by atoms with E-state index in [0.717, 1.165) is 17.7 Å². The number of nitrogens with two attached hydrogens (primary N) is 1. The van der Waals surface area contributed by atoms with Crippen molar-refractivity contribution in [3.63, 3.8) is 0 Å². The number of likely N-dealkylation sites (N-methyl/N-ethyl adjacent to an activating group) is 1. The normalized spacial score (nSPS) is 27.1. The van der Waals surface area contributed by atoms with Crippen molar-refractivity contribution in [1.82, 2.24) is 10.2 Å². The molecule has 1 aliphatic heterocycles. The van der Waals surface area contributed by atoms with Crippen LogP contribution in [0.2, 0.25) is 0 Å². The van der Waals surface area contributed by atoms with E-state index in [1.807, 2.05) is 0 Å². The van der Waals surface area contributed by atoms with Crippen molar-refractivity contribution in [3.8, 4) is 0 Å². The molecule has 3 N–H and O–H groups in total. The van der Waals surface area contributed by atoms with E-state index in [9.17, 15) is 14.4 Å². The summed E-state index contributed by atoms with van der Waals surface area (Å²) < 4.78 is 0. The summed E-state index contributed by atoms with van der Waals surface area (Å²) in [5.74, 6) is -0.796. The molecule has 2 aliphatic rings. The molecule has 1 atom stereocenters. The van der Waals surface area contributed by atoms with E-state index in [0.29, 0.717) is 6.54 Å². The Morgan fingerprint density at radius 3 is 2.56 bits per heavy atom. The Bertz CT molecular complexity index is 362. The fraction of sp³-hybridized carbons (Fsp3) is 0.700. The van der Waals surface area contributed by atoms with Gasteiger partial charge < -0.3 is 11.1 Å². The van der Waals surface area contributed by atoms with Crippen molar-refractivity contribution in [2.75, 3.05) is 13.6 Å². The highest BCUT2D eigenvalue weighted by atomic mass is 16.2. The van der Waals surface area contributed by atoms with Gasteiger partial charge >= 0.3 is 0 Å². The summed E-state index contributed by atoms with van der Waals surface area (Å²) in [6, 6.07) is -0.700. The molecule has 1 heterocycles. The number of carbonyl (C=O) groups excluding carboxylic acids is 3. The Hall–Kier alpha value is -1.43. The maximum atomic E-state index is 11.8. The minimum Gasteiger partial charge on any atom is -0.343 e. The van der Waals surface area contributed by atoms with Gasteiger partial charge in [-0.3, -0.25) is 19.3 Å². The van der Waals surface area contributed by atoms with Gasteiger partial charge in [-0.25, -0.2) is 0 Å². The Morgan fingerprint density at radius 2 is 2.19 bits per heavy atom. The van der Waals surface area contributed by atoms with Gasteiger partial charge in [0.05, 0.1) is 11.8 Å². The lowest BCUT2D eigenvalue weighted by molar-refractivity contribution is -0.138. The molecule has 0 aromatic carbocycles. The monoisotopic (exact) mass is 225 g/mol. The number of hydrogen-bond acceptors (Lipinski definition) is 4. The highest BCUT2D eigenvalue weighted by Gasteiger charge is 2.50. The minimum atomic E-state index is -0.700. The summed E-state index contributed by atoms with van der Waals surface area (Å²) in [7, 11) is 1.42. The topological polar surface area (TPSA) is 92.5 Å². The number of nitrogens with zero attached hydrogens (tertiary/aromatic N) is 1. The highest BCUT2D eigenvalue weighted by molar-refractivity contribution is 6.07. The number of nitrogens with one attached hydrogen (secondary N) is 1. The lowest BCUT2D eigenvalue weighted by Gasteiger charge is -2.16. The van der Waals surface area contributed by atoms with Crippen LogP contribution in [-0.2, 0) is 14.4 Å². The average molecular weight is 225 g/mol. The first-order valence-electron chi connectivity index (χ1n) is 5.31. The average Bonchev–Trinajstić information content (AvgIpc) is 3.02. The molecule has 88 valence electrons. The first kappa shape index (κ1) is 11.1. The van der Waals surface area contributed by atoms with Crippen LogP contribution in [0.5, 0.6) is 0 Å². The first-order valence-corrected chi connectivity index (χ1v) is 5.31. The Kier molecular flexibility index (Phi) is 2.46. The third-order valence-corrected chi connectivity index (χ3v) is 3.41. The van der Waals surface area contributed by atoms with E-state index in [1.54, 1.807) is 0 Å². The molecule has 0 spiro atoms. The van der Waals surface area contributed by atoms with Crippen molar-refractivity contribution in [1.29, 1.82) is 0 Å². The van der Waals surface area contributed by atoms with Crippen LogP contribution in [0.3, 0.4) is 0 Å². The predicted molar refractivity (Wildman–Crippen MR) is 55.0 cm³/mol. The largest absolute Gasteiger partial charge is 0.343 e. The molecule has 1 aliphatic carbocycles. The van der Waals surface area contributed by atoms with Crippen molar-refractivity contribution >= 4 is 17.7 Å². The molecular weight excluding hydrogens is 210 g/mol. The van der Waals surface area contributed by atoms with E-state index < -0.39 is 11.5 Å². The molecule has 6 nitrogen and oxygen atoms in total. The van der Waals surface area contributed by atoms with E-state index in [-0.39, 0.29) is 24.1 Å². The Morgan fingerprint density at radius 1 is 1.56 bits per heavy atom. The van der Waals surface area contributed by atoms with Crippen molar-refractivity contribution < 1.29 is 14.4 Å². The third-order valence-electron chi connectivity index (χ3n) is 3.41. The van der Waals surface area contributed by atoms with Crippen LogP contribution in [-0.4, -0.2) is 42.3 Å². The molecule has 6 heteroatoms. The Balaban J connectivity index is 1.99. The molecule has 0 aromatic heterocycles. The summed E-state index contributed by atoms with van der Waals surface area (Å²) in [6.45, 7) is 0.295. The Labute approximate surface area is 93.1 Å². The second-order valence-electron chi connectivity index (χ2n) is 4.51. The quantitative estimate of drug-likeness (QED) is 0.578. The molecule has 1 unspecified atom stereocenters. The van der Waals surface area contributed by atoms with Gasteiger partial charge in [-0.2, -0.15) is 0 Å². The van der Waals surface area contributed by atoms with Crippen LogP contribution in [0.1, 0.15) is 19.3 Å². The molecule has 16 heavy (non-hydrogen) atoms. The second-order valence-corrected chi connectivity index (χ2v) is 4.51. The third kappa shape index (κ3) is 1.59. The maximum absolute atomic E-state index is 11.8. The molecular formula is C10H15N3O3. The number of hydrogen-bond donors (Lipinski definition) is 2. The van der Waals surface area contributed by atoms with Gasteiger partial charge in [-0.15, -0.1) is 0 Å². The molecule has 0 radical (unpaired) electrons. The molecule has 0 aromatic rings. The van der Waals surface area contributed by atoms with Crippen LogP contribution in [0.4, 0.5) is 0 Å². The highest BCUT2D eigenvalue weighted by Crippen LogP contribution is 2.44. The van der Waals surface area contributed by atoms with Crippen molar-refractivity contribution in [3.05, 3.63) is 0 Å². The van der Waals surface area contributed by atoms with Gasteiger partial charge in [0.2, 0.25) is 11.8 Å². The van der Waals surface area contributed by atoms with Gasteiger partial charge in [0.25, 0.3) is 5.91 Å². The van der Waals surface area contributed by atoms with Crippen LogP contribution < -0.4 is 11.1 Å². The number of carbonyl (C=O) groups is 3. The zero-order chi connectivity index (χ0) is 11.9. The van der Waals surface area contributed by atoms with E-state index in [4.69, 9.17) is 5.73 Å². The lowest BCUT2D eigenvalue weighted by Crippen LogP contribution is -2.45. The number of imide groups is 1. The van der Waals surface area contributed by atoms with Gasteiger partial charge in [0, 0.05) is 13.6 Å². The van der Waals surface area contributed by atoms with E-state index in [1.165, 1.54) is 7.05 Å². The zero-order valence-corrected chi connectivity index (χ0v) is 9.16. The number of rotatable bonds is 3. The summed E-state index contributed by atoms with van der Waals surface area (Å²) in [5, 5.41) is 2.61. The van der Waals surface area contributed by atoms with E-state index >= 15 is 0 Å². The standard InChI is InChI=1S/C10H15N3O3/c1-13-7(14)4-6(8(13)15)12-9(16)10(5-11)2-3-10/h6H,2-5,11H2,1H3,(H,12,16). The molecule has 2 rings (SSSR count). The molecule has 0 bridgehead atoms. The van der Waals surface area contributed by atoms with Gasteiger partial charge in [-0.05, 0) is 12.8 Å². The molecule has 3 amide bonds. The fourth-order valence-corrected chi connectivity index (χ4v) is 1.85. The summed E-state index contributed by atoms with van der Waals surface area (Å²) in [4.78, 5) is 35.6. The van der Waals surface area contributed by atoms with Crippen molar-refractivity contribution in [2.45, 2.75) is 25.3 Å². The summed E-state index contributed by atoms with van der Waals surface area (Å²) in [6.07, 6.45) is 1.59. The van der Waals surface area contributed by atoms with Gasteiger partial charge in [0.15, 0.2) is 0 Å². The second kappa shape index (κ2) is 3.55. The van der Waals surface area contributed by atoms with Crippen LogP contribution >= 0.6 is 0 Å². The van der Waals surface area contributed by atoms with E-state index in [2.05, 4.69) is 5.32 Å². The number of amides is 3. The van der Waals surface area contributed by atoms with Gasteiger partial charge in [0.1, 0.15) is 6.04 Å². The lowest BCUT2D eigenvalue weighted by atomic mass is 10.1. The predicted octanol–water partition coefficient (Wildman–Crippen LogP) is -1.40. The van der Waals surface area contributed by atoms with Crippen molar-refractivity contribution in [2.24, 2.45) is 11.1 Å². The van der Waals surface area contributed by atoms with Crippen LogP contribution in [0.25, 0.3) is 0 Å². The summed E-state index contributed by atoms with van der Waals surface area (Å²) >= 11 is 0. The SMILES string of the molecule is CN1C(=O)CC(NC(=O)C2(CN)CC2)C1=O. The zero-order valence-electron chi connectivity index (χ0n) is 9.16. The summed E-state index contributed by atoms with van der Waals surface area (Å²) in [5.41, 5.74) is 5.03. The van der Waals surface area contributed by atoms with Crippen LogP contribution in [0, 0.1) is 5.41 Å². The molecule has 1 saturated carbocycles. The fourth-order valence-electron chi connectivity index (χ4n) is 1.85. The minimum absolute atomic E-state index is 0.0573. The molecule has 1 saturated heterocycles. The van der Waals surface area contributed by atoms with Crippen LogP contribution in [0.15, 0.2) is 0 Å². The number of likely N-dealkylation sites (tertiary alicyclic amines) is 1. The molecule has 2 fully saturated rings. The maximum Gasteiger partial charge on any atom is 0.252 e. The smallest absolute Gasteiger partial charge is 0.252 e. The van der Waals surface area contributed by atoms with Gasteiger partial charge in [-0.1, -0.05) is 0 Å². The first-order chi connectivity index (χ1) is 7.50.